The smallest absolute Gasteiger partial charge is 0.323 e. The van der Waals surface area contributed by atoms with Gasteiger partial charge in [-0.05, 0) is 23.9 Å². The summed E-state index contributed by atoms with van der Waals surface area (Å²) in [5.41, 5.74) is 0. The van der Waals surface area contributed by atoms with Crippen LogP contribution in [-0.4, -0.2) is 35.0 Å². The van der Waals surface area contributed by atoms with E-state index in [1.165, 1.54) is 22.3 Å². The molecule has 0 unspecified atom stereocenters. The van der Waals surface area contributed by atoms with E-state index in [4.69, 9.17) is 5.11 Å². The van der Waals surface area contributed by atoms with Gasteiger partial charge in [-0.25, -0.2) is 0 Å². The lowest BCUT2D eigenvalue weighted by molar-refractivity contribution is -0.142. The maximum Gasteiger partial charge on any atom is 0.323 e. The Balaban J connectivity index is 2.61. The number of carbonyl (C=O) groups excluding carboxylic acids is 1. The Morgan fingerprint density at radius 3 is 2.82 bits per heavy atom. The molecular weight excluding hydrogens is 238 g/mol. The third-order valence-corrected chi connectivity index (χ3v) is 2.90. The van der Waals surface area contributed by atoms with Gasteiger partial charge in [0.25, 0.3) is 0 Å². The monoisotopic (exact) mass is 253 g/mol. The molecule has 17 heavy (non-hydrogen) atoms. The van der Waals surface area contributed by atoms with Crippen molar-refractivity contribution in [3.05, 3.63) is 28.5 Å². The quantitative estimate of drug-likeness (QED) is 0.790. The lowest BCUT2D eigenvalue weighted by Crippen LogP contribution is -2.35. The number of carboxylic acids is 1. The summed E-state index contributed by atoms with van der Waals surface area (Å²) in [4.78, 5) is 24.7. The van der Waals surface area contributed by atoms with Gasteiger partial charge in [0.15, 0.2) is 0 Å². The molecule has 0 aromatic carbocycles. The van der Waals surface area contributed by atoms with E-state index >= 15 is 0 Å². The molecule has 0 saturated carbocycles. The van der Waals surface area contributed by atoms with Crippen molar-refractivity contribution < 1.29 is 14.7 Å². The van der Waals surface area contributed by atoms with Crippen LogP contribution in [0.15, 0.2) is 23.6 Å². The van der Waals surface area contributed by atoms with Crippen molar-refractivity contribution in [1.82, 2.24) is 4.90 Å². The molecule has 0 bridgehead atoms. The molecule has 1 aromatic rings. The molecule has 1 heterocycles. The number of carboxylic acid groups (broad SMARTS) is 1. The fourth-order valence-corrected chi connectivity index (χ4v) is 1.96. The number of hydrogen-bond acceptors (Lipinski definition) is 3. The van der Waals surface area contributed by atoms with Crippen molar-refractivity contribution in [3.8, 4) is 0 Å². The van der Waals surface area contributed by atoms with Gasteiger partial charge in [0.1, 0.15) is 6.54 Å². The SMILES string of the molecule is CCCN(CC(=O)O)C(=O)/C=C/c1cccs1. The zero-order chi connectivity index (χ0) is 12.7. The molecule has 1 N–H and O–H groups in total. The van der Waals surface area contributed by atoms with E-state index in [1.54, 1.807) is 6.08 Å². The average molecular weight is 253 g/mol. The Kier molecular flexibility index (Phi) is 5.42. The Morgan fingerprint density at radius 1 is 1.53 bits per heavy atom. The van der Waals surface area contributed by atoms with Crippen LogP contribution in [-0.2, 0) is 9.59 Å². The highest BCUT2D eigenvalue weighted by Crippen LogP contribution is 2.10. The number of hydrogen-bond donors (Lipinski definition) is 1. The molecule has 0 radical (unpaired) electrons. The molecule has 92 valence electrons. The number of amides is 1. The van der Waals surface area contributed by atoms with Gasteiger partial charge < -0.3 is 10.0 Å². The molecule has 0 fully saturated rings. The average Bonchev–Trinajstić information content (AvgIpc) is 2.77. The second kappa shape index (κ2) is 6.85. The molecule has 1 rings (SSSR count). The summed E-state index contributed by atoms with van der Waals surface area (Å²) in [5.74, 6) is -1.25. The normalized spacial score (nSPS) is 10.6. The maximum atomic E-state index is 11.7. The first kappa shape index (κ1) is 13.4. The number of carbonyl (C=O) groups is 2. The van der Waals surface area contributed by atoms with E-state index in [0.717, 1.165) is 11.3 Å². The van der Waals surface area contributed by atoms with E-state index in [9.17, 15) is 9.59 Å². The van der Waals surface area contributed by atoms with Crippen molar-refractivity contribution >= 4 is 29.3 Å². The van der Waals surface area contributed by atoms with Crippen molar-refractivity contribution in [1.29, 1.82) is 0 Å². The lowest BCUT2D eigenvalue weighted by atomic mass is 10.3. The van der Waals surface area contributed by atoms with Crippen LogP contribution < -0.4 is 0 Å². The Bertz CT molecular complexity index is 398. The van der Waals surface area contributed by atoms with Crippen LogP contribution in [0.4, 0.5) is 0 Å². The molecule has 0 aliphatic rings. The highest BCUT2D eigenvalue weighted by molar-refractivity contribution is 7.10. The van der Waals surface area contributed by atoms with Crippen LogP contribution in [0.3, 0.4) is 0 Å². The zero-order valence-corrected chi connectivity index (χ0v) is 10.4. The minimum absolute atomic E-state index is 0.249. The van der Waals surface area contributed by atoms with Crippen LogP contribution in [0.5, 0.6) is 0 Å². The molecule has 1 aromatic heterocycles. The van der Waals surface area contributed by atoms with Gasteiger partial charge in [0.2, 0.25) is 5.91 Å². The summed E-state index contributed by atoms with van der Waals surface area (Å²) >= 11 is 1.53. The summed E-state index contributed by atoms with van der Waals surface area (Å²) in [5, 5.41) is 10.6. The van der Waals surface area contributed by atoms with E-state index in [-0.39, 0.29) is 12.5 Å². The summed E-state index contributed by atoms with van der Waals surface area (Å²) in [6.07, 6.45) is 3.87. The zero-order valence-electron chi connectivity index (χ0n) is 9.63. The van der Waals surface area contributed by atoms with Gasteiger partial charge in [0.05, 0.1) is 0 Å². The van der Waals surface area contributed by atoms with Gasteiger partial charge in [-0.3, -0.25) is 9.59 Å². The third-order valence-electron chi connectivity index (χ3n) is 2.06. The Labute approximate surface area is 104 Å². The fourth-order valence-electron chi connectivity index (χ4n) is 1.35. The molecule has 0 saturated heterocycles. The maximum absolute atomic E-state index is 11.7. The van der Waals surface area contributed by atoms with E-state index < -0.39 is 5.97 Å². The molecule has 0 atom stereocenters. The standard InChI is InChI=1S/C12H15NO3S/c1-2-7-13(9-12(15)16)11(14)6-5-10-4-3-8-17-10/h3-6,8H,2,7,9H2,1H3,(H,15,16)/b6-5+. The van der Waals surface area contributed by atoms with Gasteiger partial charge in [-0.15, -0.1) is 11.3 Å². The summed E-state index contributed by atoms with van der Waals surface area (Å²) < 4.78 is 0. The predicted octanol–water partition coefficient (Wildman–Crippen LogP) is 2.08. The predicted molar refractivity (Wildman–Crippen MR) is 67.9 cm³/mol. The topological polar surface area (TPSA) is 57.6 Å². The first-order valence-corrected chi connectivity index (χ1v) is 6.23. The second-order valence-electron chi connectivity index (χ2n) is 3.50. The molecular formula is C12H15NO3S. The van der Waals surface area contributed by atoms with Crippen LogP contribution in [0.25, 0.3) is 6.08 Å². The van der Waals surface area contributed by atoms with Crippen molar-refractivity contribution in [3.63, 3.8) is 0 Å². The highest BCUT2D eigenvalue weighted by atomic mass is 32.1. The minimum atomic E-state index is -0.990. The number of rotatable bonds is 6. The fraction of sp³-hybridized carbons (Fsp3) is 0.333. The molecule has 0 spiro atoms. The van der Waals surface area contributed by atoms with E-state index in [0.29, 0.717) is 6.54 Å². The second-order valence-corrected chi connectivity index (χ2v) is 4.48. The summed E-state index contributed by atoms with van der Waals surface area (Å²) in [7, 11) is 0. The van der Waals surface area contributed by atoms with Crippen LogP contribution in [0, 0.1) is 0 Å². The highest BCUT2D eigenvalue weighted by Gasteiger charge is 2.12. The number of thiophene rings is 1. The van der Waals surface area contributed by atoms with Gasteiger partial charge in [0, 0.05) is 17.5 Å². The summed E-state index contributed by atoms with van der Waals surface area (Å²) in [6, 6.07) is 3.80. The first-order valence-electron chi connectivity index (χ1n) is 5.35. The van der Waals surface area contributed by atoms with Crippen LogP contribution in [0.2, 0.25) is 0 Å². The third kappa shape index (κ3) is 4.82. The first-order chi connectivity index (χ1) is 8.13. The Hall–Kier alpha value is -1.62. The van der Waals surface area contributed by atoms with Gasteiger partial charge in [-0.1, -0.05) is 13.0 Å². The van der Waals surface area contributed by atoms with Crippen molar-refractivity contribution in [2.75, 3.05) is 13.1 Å². The van der Waals surface area contributed by atoms with Gasteiger partial charge >= 0.3 is 5.97 Å². The summed E-state index contributed by atoms with van der Waals surface area (Å²) in [6.45, 7) is 2.12. The lowest BCUT2D eigenvalue weighted by Gasteiger charge is -2.17. The van der Waals surface area contributed by atoms with E-state index in [2.05, 4.69) is 0 Å². The van der Waals surface area contributed by atoms with Gasteiger partial charge in [-0.2, -0.15) is 0 Å². The molecule has 0 aliphatic carbocycles. The largest absolute Gasteiger partial charge is 0.480 e. The van der Waals surface area contributed by atoms with Crippen LogP contribution >= 0.6 is 11.3 Å². The number of aliphatic carboxylic acids is 1. The molecule has 0 aliphatic heterocycles. The number of nitrogens with zero attached hydrogens (tertiary/aromatic N) is 1. The van der Waals surface area contributed by atoms with Crippen molar-refractivity contribution in [2.24, 2.45) is 0 Å². The van der Waals surface area contributed by atoms with Crippen LogP contribution in [0.1, 0.15) is 18.2 Å². The Morgan fingerprint density at radius 2 is 2.29 bits per heavy atom. The molecule has 4 nitrogen and oxygen atoms in total. The van der Waals surface area contributed by atoms with E-state index in [1.807, 2.05) is 24.4 Å². The van der Waals surface area contributed by atoms with Crippen molar-refractivity contribution in [2.45, 2.75) is 13.3 Å². The molecule has 5 heteroatoms. The minimum Gasteiger partial charge on any atom is -0.480 e. The molecule has 1 amide bonds.